The zero-order chi connectivity index (χ0) is 15.2. The van der Waals surface area contributed by atoms with Gasteiger partial charge in [0.2, 0.25) is 10.0 Å². The maximum absolute atomic E-state index is 12.2. The Morgan fingerprint density at radius 2 is 1.85 bits per heavy atom. The van der Waals surface area contributed by atoms with E-state index in [1.165, 1.54) is 12.1 Å². The minimum Gasteiger partial charge on any atom is -0.404 e. The van der Waals surface area contributed by atoms with Crippen LogP contribution in [-0.4, -0.2) is 34.9 Å². The molecule has 114 valence electrons. The Kier molecular flexibility index (Phi) is 5.78. The number of hydrogen-bond donors (Lipinski definition) is 2. The molecule has 0 saturated carbocycles. The highest BCUT2D eigenvalue weighted by atomic mass is 32.2. The first-order valence-electron chi connectivity index (χ1n) is 5.75. The van der Waals surface area contributed by atoms with Crippen molar-refractivity contribution in [1.29, 1.82) is 0 Å². The molecule has 1 rings (SSSR count). The quantitative estimate of drug-likeness (QED) is 0.748. The van der Waals surface area contributed by atoms with Gasteiger partial charge in [-0.2, -0.15) is 0 Å². The minimum atomic E-state index is -4.95. The number of ether oxygens (including phenoxy) is 1. The SMILES string of the molecule is CNCCCNS(=O)(=O)c1ccccc1OC(F)(F)F. The molecule has 0 fully saturated rings. The van der Waals surface area contributed by atoms with Crippen LogP contribution in [0.1, 0.15) is 6.42 Å². The van der Waals surface area contributed by atoms with Crippen molar-refractivity contribution in [1.82, 2.24) is 10.0 Å². The second-order valence-corrected chi connectivity index (χ2v) is 5.58. The fraction of sp³-hybridized carbons (Fsp3) is 0.455. The molecule has 0 atom stereocenters. The van der Waals surface area contributed by atoms with Gasteiger partial charge in [0.25, 0.3) is 0 Å². The van der Waals surface area contributed by atoms with Gasteiger partial charge in [0.15, 0.2) is 0 Å². The molecule has 1 aromatic carbocycles. The third-order valence-corrected chi connectivity index (χ3v) is 3.76. The highest BCUT2D eigenvalue weighted by molar-refractivity contribution is 7.89. The molecule has 0 heterocycles. The molecule has 0 aliphatic rings. The van der Waals surface area contributed by atoms with E-state index in [4.69, 9.17) is 0 Å². The first-order valence-corrected chi connectivity index (χ1v) is 7.23. The van der Waals surface area contributed by atoms with Gasteiger partial charge in [0, 0.05) is 6.54 Å². The second kappa shape index (κ2) is 6.91. The summed E-state index contributed by atoms with van der Waals surface area (Å²) in [4.78, 5) is -0.540. The van der Waals surface area contributed by atoms with Crippen LogP contribution in [0.4, 0.5) is 13.2 Å². The van der Waals surface area contributed by atoms with E-state index in [0.29, 0.717) is 13.0 Å². The number of benzene rings is 1. The van der Waals surface area contributed by atoms with E-state index in [0.717, 1.165) is 12.1 Å². The maximum Gasteiger partial charge on any atom is 0.573 e. The van der Waals surface area contributed by atoms with Gasteiger partial charge < -0.3 is 10.1 Å². The predicted molar refractivity (Wildman–Crippen MR) is 66.9 cm³/mol. The van der Waals surface area contributed by atoms with Gasteiger partial charge in [-0.3, -0.25) is 0 Å². The van der Waals surface area contributed by atoms with E-state index in [-0.39, 0.29) is 6.54 Å². The predicted octanol–water partition coefficient (Wildman–Crippen LogP) is 1.47. The van der Waals surface area contributed by atoms with Gasteiger partial charge in [-0.25, -0.2) is 13.1 Å². The molecule has 20 heavy (non-hydrogen) atoms. The number of sulfonamides is 1. The highest BCUT2D eigenvalue weighted by Crippen LogP contribution is 2.29. The van der Waals surface area contributed by atoms with Crippen molar-refractivity contribution in [2.24, 2.45) is 0 Å². The van der Waals surface area contributed by atoms with Gasteiger partial charge in [-0.1, -0.05) is 12.1 Å². The number of para-hydroxylation sites is 1. The average molecular weight is 312 g/mol. The van der Waals surface area contributed by atoms with Gasteiger partial charge >= 0.3 is 6.36 Å². The van der Waals surface area contributed by atoms with Crippen LogP contribution in [0.25, 0.3) is 0 Å². The van der Waals surface area contributed by atoms with Gasteiger partial charge in [-0.05, 0) is 32.1 Å². The lowest BCUT2D eigenvalue weighted by atomic mass is 10.3. The van der Waals surface area contributed by atoms with Crippen molar-refractivity contribution in [2.45, 2.75) is 17.7 Å². The fourth-order valence-electron chi connectivity index (χ4n) is 1.43. The van der Waals surface area contributed by atoms with E-state index < -0.39 is 27.0 Å². The standard InChI is InChI=1S/C11H15F3N2O3S/c1-15-7-4-8-16-20(17,18)10-6-3-2-5-9(10)19-11(12,13)14/h2-3,5-6,15-16H,4,7-8H2,1H3. The van der Waals surface area contributed by atoms with Crippen LogP contribution in [0.5, 0.6) is 5.75 Å². The number of halogens is 3. The summed E-state index contributed by atoms with van der Waals surface area (Å²) < 4.78 is 66.4. The molecule has 2 N–H and O–H groups in total. The van der Waals surface area contributed by atoms with E-state index in [1.807, 2.05) is 0 Å². The average Bonchev–Trinajstić information content (AvgIpc) is 2.33. The van der Waals surface area contributed by atoms with Gasteiger partial charge in [0.05, 0.1) is 0 Å². The van der Waals surface area contributed by atoms with Crippen LogP contribution in [0.2, 0.25) is 0 Å². The van der Waals surface area contributed by atoms with Gasteiger partial charge in [0.1, 0.15) is 10.6 Å². The highest BCUT2D eigenvalue weighted by Gasteiger charge is 2.33. The Balaban J connectivity index is 2.89. The normalized spacial score (nSPS) is 12.4. The second-order valence-electron chi connectivity index (χ2n) is 3.85. The number of hydrogen-bond acceptors (Lipinski definition) is 4. The lowest BCUT2D eigenvalue weighted by Gasteiger charge is -2.13. The first kappa shape index (κ1) is 16.7. The molecule has 0 saturated heterocycles. The molecule has 0 aromatic heterocycles. The third kappa shape index (κ3) is 5.35. The monoisotopic (exact) mass is 312 g/mol. The molecular formula is C11H15F3N2O3S. The molecule has 0 spiro atoms. The molecule has 0 unspecified atom stereocenters. The number of nitrogens with one attached hydrogen (secondary N) is 2. The summed E-state index contributed by atoms with van der Waals surface area (Å²) in [6.45, 7) is 0.701. The van der Waals surface area contributed by atoms with E-state index >= 15 is 0 Å². The van der Waals surface area contributed by atoms with Crippen LogP contribution in [0.3, 0.4) is 0 Å². The van der Waals surface area contributed by atoms with E-state index in [2.05, 4.69) is 14.8 Å². The Bertz CT molecular complexity index is 532. The summed E-state index contributed by atoms with van der Waals surface area (Å²) in [6.07, 6.45) is -4.43. The maximum atomic E-state index is 12.2. The zero-order valence-electron chi connectivity index (χ0n) is 10.7. The van der Waals surface area contributed by atoms with Crippen molar-refractivity contribution in [3.63, 3.8) is 0 Å². The summed E-state index contributed by atoms with van der Waals surface area (Å²) in [7, 11) is -2.34. The molecule has 0 aliphatic carbocycles. The van der Waals surface area contributed by atoms with Crippen LogP contribution in [0.15, 0.2) is 29.2 Å². The smallest absolute Gasteiger partial charge is 0.404 e. The Hall–Kier alpha value is -1.32. The number of alkyl halides is 3. The van der Waals surface area contributed by atoms with Crippen molar-refractivity contribution in [3.05, 3.63) is 24.3 Å². The van der Waals surface area contributed by atoms with Crippen molar-refractivity contribution < 1.29 is 26.3 Å². The fourth-order valence-corrected chi connectivity index (χ4v) is 2.63. The van der Waals surface area contributed by atoms with Crippen LogP contribution >= 0.6 is 0 Å². The Morgan fingerprint density at radius 1 is 1.20 bits per heavy atom. The summed E-state index contributed by atoms with van der Waals surface area (Å²) in [6, 6.07) is 4.60. The lowest BCUT2D eigenvalue weighted by molar-refractivity contribution is -0.275. The molecule has 0 amide bonds. The molecule has 5 nitrogen and oxygen atoms in total. The van der Waals surface area contributed by atoms with Gasteiger partial charge in [-0.15, -0.1) is 13.2 Å². The minimum absolute atomic E-state index is 0.115. The van der Waals surface area contributed by atoms with Crippen molar-refractivity contribution in [3.8, 4) is 5.75 Å². The number of rotatable bonds is 7. The third-order valence-electron chi connectivity index (χ3n) is 2.26. The molecule has 0 bridgehead atoms. The molecule has 0 radical (unpaired) electrons. The zero-order valence-corrected chi connectivity index (χ0v) is 11.5. The molecule has 1 aromatic rings. The molecule has 9 heteroatoms. The summed E-state index contributed by atoms with van der Waals surface area (Å²) >= 11 is 0. The summed E-state index contributed by atoms with van der Waals surface area (Å²) in [5, 5.41) is 2.83. The van der Waals surface area contributed by atoms with Crippen LogP contribution in [0, 0.1) is 0 Å². The first-order chi connectivity index (χ1) is 9.26. The van der Waals surface area contributed by atoms with E-state index in [9.17, 15) is 21.6 Å². The van der Waals surface area contributed by atoms with Crippen LogP contribution in [-0.2, 0) is 10.0 Å². The Morgan fingerprint density at radius 3 is 2.45 bits per heavy atom. The van der Waals surface area contributed by atoms with E-state index in [1.54, 1.807) is 7.05 Å². The van der Waals surface area contributed by atoms with Crippen molar-refractivity contribution in [2.75, 3.05) is 20.1 Å². The van der Waals surface area contributed by atoms with Crippen LogP contribution < -0.4 is 14.8 Å². The molecular weight excluding hydrogens is 297 g/mol. The topological polar surface area (TPSA) is 67.4 Å². The largest absolute Gasteiger partial charge is 0.573 e. The molecule has 0 aliphatic heterocycles. The lowest BCUT2D eigenvalue weighted by Crippen LogP contribution is -2.28. The summed E-state index contributed by atoms with van der Waals surface area (Å²) in [5.41, 5.74) is 0. The van der Waals surface area contributed by atoms with Crippen molar-refractivity contribution >= 4 is 10.0 Å². The summed E-state index contributed by atoms with van der Waals surface area (Å²) in [5.74, 6) is -0.749. The Labute approximate surface area is 115 Å².